The van der Waals surface area contributed by atoms with Crippen molar-refractivity contribution in [1.82, 2.24) is 0 Å². The van der Waals surface area contributed by atoms with Crippen molar-refractivity contribution in [2.24, 2.45) is 4.99 Å². The lowest BCUT2D eigenvalue weighted by molar-refractivity contribution is -0.130. The monoisotopic (exact) mass is 323 g/mol. The van der Waals surface area contributed by atoms with Crippen LogP contribution in [0.2, 0.25) is 5.02 Å². The first-order valence-electron chi connectivity index (χ1n) is 6.98. The van der Waals surface area contributed by atoms with Gasteiger partial charge < -0.3 is 14.2 Å². The summed E-state index contributed by atoms with van der Waals surface area (Å²) >= 11 is 6.28. The molecule has 118 valence electrons. The zero-order valence-electron chi connectivity index (χ0n) is 13.0. The number of cyclic esters (lactones) is 1. The Bertz CT molecular complexity index is 652. The number of halogens is 1. The van der Waals surface area contributed by atoms with Crippen molar-refractivity contribution in [2.75, 3.05) is 7.11 Å². The number of esters is 1. The van der Waals surface area contributed by atoms with Crippen molar-refractivity contribution < 1.29 is 19.0 Å². The van der Waals surface area contributed by atoms with Gasteiger partial charge in [0.15, 0.2) is 23.1 Å². The standard InChI is InChI=1S/C16H18ClNO4/c1-5-9(2)21-15-12(17)6-11(8-14(15)20-4)7-13-16(19)22-10(3)18-13/h6-9H,5H2,1-4H3/b13-7+. The number of methoxy groups -OCH3 is 1. The lowest BCUT2D eigenvalue weighted by Gasteiger charge is -2.17. The van der Waals surface area contributed by atoms with Crippen LogP contribution in [-0.2, 0) is 9.53 Å². The average molecular weight is 324 g/mol. The van der Waals surface area contributed by atoms with Gasteiger partial charge in [-0.1, -0.05) is 18.5 Å². The molecule has 1 heterocycles. The van der Waals surface area contributed by atoms with Gasteiger partial charge in [0.2, 0.25) is 0 Å². The van der Waals surface area contributed by atoms with Gasteiger partial charge in [-0.2, -0.15) is 0 Å². The Labute approximate surface area is 134 Å². The predicted octanol–water partition coefficient (Wildman–Crippen LogP) is 3.84. The van der Waals surface area contributed by atoms with Gasteiger partial charge in [0.25, 0.3) is 0 Å². The predicted molar refractivity (Wildman–Crippen MR) is 85.6 cm³/mol. The Kier molecular flexibility index (Phi) is 5.08. The Balaban J connectivity index is 2.38. The van der Waals surface area contributed by atoms with Gasteiger partial charge in [-0.25, -0.2) is 9.79 Å². The van der Waals surface area contributed by atoms with Gasteiger partial charge >= 0.3 is 5.97 Å². The minimum atomic E-state index is -0.479. The fraction of sp³-hybridized carbons (Fsp3) is 0.375. The van der Waals surface area contributed by atoms with Crippen LogP contribution in [0.1, 0.15) is 32.8 Å². The number of hydrogen-bond donors (Lipinski definition) is 0. The highest BCUT2D eigenvalue weighted by molar-refractivity contribution is 6.32. The fourth-order valence-corrected chi connectivity index (χ4v) is 2.16. The van der Waals surface area contributed by atoms with Crippen molar-refractivity contribution in [3.8, 4) is 11.5 Å². The molecule has 1 aromatic rings. The number of carbonyl (C=O) groups excluding carboxylic acids is 1. The van der Waals surface area contributed by atoms with E-state index >= 15 is 0 Å². The van der Waals surface area contributed by atoms with Crippen LogP contribution in [0.25, 0.3) is 6.08 Å². The molecule has 0 aromatic heterocycles. The molecule has 1 aliphatic heterocycles. The number of aliphatic imine (C=N–C) groups is 1. The summed E-state index contributed by atoms with van der Waals surface area (Å²) in [5.41, 5.74) is 0.912. The summed E-state index contributed by atoms with van der Waals surface area (Å²) in [7, 11) is 1.54. The van der Waals surface area contributed by atoms with E-state index in [1.807, 2.05) is 13.8 Å². The van der Waals surface area contributed by atoms with Gasteiger partial charge in [-0.3, -0.25) is 0 Å². The number of ether oxygens (including phenoxy) is 3. The van der Waals surface area contributed by atoms with E-state index in [0.717, 1.165) is 6.42 Å². The van der Waals surface area contributed by atoms with Gasteiger partial charge in [-0.05, 0) is 37.1 Å². The number of nitrogens with zero attached hydrogens (tertiary/aromatic N) is 1. The van der Waals surface area contributed by atoms with Crippen LogP contribution >= 0.6 is 11.6 Å². The van der Waals surface area contributed by atoms with E-state index in [2.05, 4.69) is 4.99 Å². The third-order valence-electron chi connectivity index (χ3n) is 3.18. The van der Waals surface area contributed by atoms with Crippen LogP contribution < -0.4 is 9.47 Å². The van der Waals surface area contributed by atoms with Crippen molar-refractivity contribution in [3.05, 3.63) is 28.4 Å². The van der Waals surface area contributed by atoms with E-state index in [4.69, 9.17) is 25.8 Å². The zero-order chi connectivity index (χ0) is 16.3. The molecule has 0 saturated heterocycles. The highest BCUT2D eigenvalue weighted by Crippen LogP contribution is 2.38. The van der Waals surface area contributed by atoms with E-state index in [1.54, 1.807) is 25.1 Å². The summed E-state index contributed by atoms with van der Waals surface area (Å²) in [6, 6.07) is 3.44. The number of hydrogen-bond acceptors (Lipinski definition) is 5. The molecule has 0 radical (unpaired) electrons. The zero-order valence-corrected chi connectivity index (χ0v) is 13.7. The minimum Gasteiger partial charge on any atom is -0.493 e. The van der Waals surface area contributed by atoms with E-state index in [0.29, 0.717) is 28.0 Å². The highest BCUT2D eigenvalue weighted by atomic mass is 35.5. The smallest absolute Gasteiger partial charge is 0.363 e. The summed E-state index contributed by atoms with van der Waals surface area (Å²) in [6.07, 6.45) is 2.47. The second-order valence-electron chi connectivity index (χ2n) is 4.92. The second-order valence-corrected chi connectivity index (χ2v) is 5.33. The number of benzene rings is 1. The summed E-state index contributed by atoms with van der Waals surface area (Å²) < 4.78 is 16.0. The van der Waals surface area contributed by atoms with Gasteiger partial charge in [-0.15, -0.1) is 0 Å². The van der Waals surface area contributed by atoms with Crippen molar-refractivity contribution in [1.29, 1.82) is 0 Å². The summed E-state index contributed by atoms with van der Waals surface area (Å²) in [6.45, 7) is 5.60. The highest BCUT2D eigenvalue weighted by Gasteiger charge is 2.20. The van der Waals surface area contributed by atoms with E-state index in [9.17, 15) is 4.79 Å². The second kappa shape index (κ2) is 6.83. The van der Waals surface area contributed by atoms with Crippen LogP contribution in [0.4, 0.5) is 0 Å². The van der Waals surface area contributed by atoms with Crippen molar-refractivity contribution >= 4 is 29.5 Å². The molecular weight excluding hydrogens is 306 g/mol. The molecule has 22 heavy (non-hydrogen) atoms. The Morgan fingerprint density at radius 2 is 2.18 bits per heavy atom. The normalized spacial score (nSPS) is 17.2. The Hall–Kier alpha value is -2.01. The summed E-state index contributed by atoms with van der Waals surface area (Å²) in [5.74, 6) is 0.847. The SMILES string of the molecule is CCC(C)Oc1c(Cl)cc(/C=C2/N=C(C)OC2=O)cc1OC. The van der Waals surface area contributed by atoms with Crippen LogP contribution in [0.5, 0.6) is 11.5 Å². The van der Waals surface area contributed by atoms with Gasteiger partial charge in [0, 0.05) is 6.92 Å². The van der Waals surface area contributed by atoms with Crippen LogP contribution in [-0.4, -0.2) is 25.1 Å². The maximum absolute atomic E-state index is 11.6. The number of rotatable bonds is 5. The maximum atomic E-state index is 11.6. The molecule has 1 aliphatic rings. The molecular formula is C16H18ClNO4. The van der Waals surface area contributed by atoms with Gasteiger partial charge in [0.05, 0.1) is 18.2 Å². The Morgan fingerprint density at radius 1 is 1.45 bits per heavy atom. The molecule has 0 saturated carbocycles. The van der Waals surface area contributed by atoms with Crippen molar-refractivity contribution in [3.63, 3.8) is 0 Å². The molecule has 0 aliphatic carbocycles. The summed E-state index contributed by atoms with van der Waals surface area (Å²) in [5, 5.41) is 0.415. The fourth-order valence-electron chi connectivity index (χ4n) is 1.90. The average Bonchev–Trinajstić information content (AvgIpc) is 2.79. The first kappa shape index (κ1) is 16.4. The molecule has 0 spiro atoms. The summed E-state index contributed by atoms with van der Waals surface area (Å²) in [4.78, 5) is 15.6. The molecule has 0 N–H and O–H groups in total. The molecule has 0 fully saturated rings. The molecule has 0 bridgehead atoms. The van der Waals surface area contributed by atoms with E-state index in [-0.39, 0.29) is 11.8 Å². The third-order valence-corrected chi connectivity index (χ3v) is 3.46. The van der Waals surface area contributed by atoms with Crippen LogP contribution in [0, 0.1) is 0 Å². The molecule has 1 atom stereocenters. The van der Waals surface area contributed by atoms with Crippen molar-refractivity contribution in [2.45, 2.75) is 33.3 Å². The Morgan fingerprint density at radius 3 is 2.73 bits per heavy atom. The van der Waals surface area contributed by atoms with Crippen LogP contribution in [0.3, 0.4) is 0 Å². The van der Waals surface area contributed by atoms with E-state index < -0.39 is 5.97 Å². The molecule has 1 aromatic carbocycles. The van der Waals surface area contributed by atoms with Gasteiger partial charge in [0.1, 0.15) is 0 Å². The first-order chi connectivity index (χ1) is 10.4. The molecule has 0 amide bonds. The lowest BCUT2D eigenvalue weighted by atomic mass is 10.1. The molecule has 5 nitrogen and oxygen atoms in total. The molecule has 6 heteroatoms. The first-order valence-corrected chi connectivity index (χ1v) is 7.35. The topological polar surface area (TPSA) is 57.1 Å². The third kappa shape index (κ3) is 3.60. The minimum absolute atomic E-state index is 0.0210. The quantitative estimate of drug-likeness (QED) is 0.610. The molecule has 1 unspecified atom stereocenters. The van der Waals surface area contributed by atoms with E-state index in [1.165, 1.54) is 7.11 Å². The lowest BCUT2D eigenvalue weighted by Crippen LogP contribution is -2.11. The number of carbonyl (C=O) groups is 1. The molecule has 2 rings (SSSR count). The van der Waals surface area contributed by atoms with Crippen LogP contribution in [0.15, 0.2) is 22.8 Å². The maximum Gasteiger partial charge on any atom is 0.363 e. The largest absolute Gasteiger partial charge is 0.493 e.